The Kier molecular flexibility index (Phi) is 5.22. The van der Waals surface area contributed by atoms with Crippen molar-refractivity contribution in [2.45, 2.75) is 6.18 Å². The molecule has 0 aliphatic carbocycles. The summed E-state index contributed by atoms with van der Waals surface area (Å²) in [6, 6.07) is 10.00. The molecular formula is C18H12F3N3O2S. The standard InChI is InChI=1S/C18H12F3N3O2S/c19-18(20,21)13-5-1-11(2-6-13)15(25)23-14-7-3-12(4-8-14)16(26)24-17-22-9-10-27-17/h1-10H,(H,23,25)(H,22,24,26). The number of benzene rings is 2. The lowest BCUT2D eigenvalue weighted by Gasteiger charge is -2.09. The molecule has 0 saturated heterocycles. The minimum atomic E-state index is -4.45. The monoisotopic (exact) mass is 391 g/mol. The molecule has 0 unspecified atom stereocenters. The second-order valence-electron chi connectivity index (χ2n) is 5.40. The number of anilines is 2. The minimum absolute atomic E-state index is 0.0913. The molecule has 0 atom stereocenters. The molecule has 2 N–H and O–H groups in total. The fraction of sp³-hybridized carbons (Fsp3) is 0.0556. The van der Waals surface area contributed by atoms with Gasteiger partial charge in [0.2, 0.25) is 0 Å². The van der Waals surface area contributed by atoms with Crippen LogP contribution in [0.4, 0.5) is 24.0 Å². The maximum absolute atomic E-state index is 12.6. The maximum Gasteiger partial charge on any atom is 0.416 e. The second-order valence-corrected chi connectivity index (χ2v) is 6.29. The van der Waals surface area contributed by atoms with Gasteiger partial charge >= 0.3 is 6.18 Å². The number of nitrogens with one attached hydrogen (secondary N) is 2. The van der Waals surface area contributed by atoms with Gasteiger partial charge in [0.1, 0.15) is 0 Å². The summed E-state index contributed by atoms with van der Waals surface area (Å²) in [5.74, 6) is -0.894. The Labute approximate surface area is 155 Å². The third kappa shape index (κ3) is 4.70. The van der Waals surface area contributed by atoms with E-state index in [2.05, 4.69) is 15.6 Å². The van der Waals surface area contributed by atoms with E-state index in [1.165, 1.54) is 35.6 Å². The average Bonchev–Trinajstić information content (AvgIpc) is 3.14. The Morgan fingerprint density at radius 2 is 1.41 bits per heavy atom. The van der Waals surface area contributed by atoms with Crippen LogP contribution in [0.25, 0.3) is 0 Å². The highest BCUT2D eigenvalue weighted by atomic mass is 32.1. The summed E-state index contributed by atoms with van der Waals surface area (Å²) in [6.45, 7) is 0. The van der Waals surface area contributed by atoms with E-state index in [0.29, 0.717) is 16.4 Å². The maximum atomic E-state index is 12.6. The van der Waals surface area contributed by atoms with Crippen LogP contribution in [0.3, 0.4) is 0 Å². The predicted octanol–water partition coefficient (Wildman–Crippen LogP) is 4.67. The van der Waals surface area contributed by atoms with E-state index in [1.807, 2.05) is 0 Å². The first-order chi connectivity index (χ1) is 12.8. The quantitative estimate of drug-likeness (QED) is 0.679. The molecule has 0 spiro atoms. The first kappa shape index (κ1) is 18.6. The van der Waals surface area contributed by atoms with Crippen molar-refractivity contribution >= 4 is 34.0 Å². The van der Waals surface area contributed by atoms with Crippen molar-refractivity contribution in [1.82, 2.24) is 4.98 Å². The minimum Gasteiger partial charge on any atom is -0.322 e. The summed E-state index contributed by atoms with van der Waals surface area (Å²) in [6.07, 6.45) is -2.88. The third-order valence-electron chi connectivity index (χ3n) is 3.53. The van der Waals surface area contributed by atoms with Gasteiger partial charge in [-0.25, -0.2) is 4.98 Å². The molecule has 0 fully saturated rings. The number of thiazole rings is 1. The van der Waals surface area contributed by atoms with Gasteiger partial charge in [0.25, 0.3) is 11.8 Å². The van der Waals surface area contributed by atoms with Gasteiger partial charge in [-0.05, 0) is 48.5 Å². The van der Waals surface area contributed by atoms with Crippen LogP contribution in [0.15, 0.2) is 60.1 Å². The summed E-state index contributed by atoms with van der Waals surface area (Å²) in [4.78, 5) is 28.1. The summed E-state index contributed by atoms with van der Waals surface area (Å²) in [7, 11) is 0. The van der Waals surface area contributed by atoms with Crippen molar-refractivity contribution in [1.29, 1.82) is 0 Å². The van der Waals surface area contributed by atoms with Crippen LogP contribution in [-0.2, 0) is 6.18 Å². The van der Waals surface area contributed by atoms with E-state index < -0.39 is 17.6 Å². The van der Waals surface area contributed by atoms with Crippen LogP contribution in [-0.4, -0.2) is 16.8 Å². The molecule has 9 heteroatoms. The molecule has 0 aliphatic heterocycles. The van der Waals surface area contributed by atoms with Crippen LogP contribution in [0.1, 0.15) is 26.3 Å². The molecule has 2 aromatic carbocycles. The third-order valence-corrected chi connectivity index (χ3v) is 4.22. The Bertz CT molecular complexity index is 937. The first-order valence-corrected chi connectivity index (χ1v) is 8.50. The molecule has 5 nitrogen and oxygen atoms in total. The van der Waals surface area contributed by atoms with Gasteiger partial charge in [-0.3, -0.25) is 14.9 Å². The molecule has 3 aromatic rings. The number of carbonyl (C=O) groups excluding carboxylic acids is 2. The Balaban J connectivity index is 1.64. The number of alkyl halides is 3. The molecule has 27 heavy (non-hydrogen) atoms. The fourth-order valence-electron chi connectivity index (χ4n) is 2.17. The van der Waals surface area contributed by atoms with Crippen LogP contribution >= 0.6 is 11.3 Å². The van der Waals surface area contributed by atoms with E-state index in [4.69, 9.17) is 0 Å². The SMILES string of the molecule is O=C(Nc1ccc(C(=O)Nc2nccs2)cc1)c1ccc(C(F)(F)F)cc1. The predicted molar refractivity (Wildman–Crippen MR) is 95.9 cm³/mol. The Hall–Kier alpha value is -3.20. The smallest absolute Gasteiger partial charge is 0.322 e. The van der Waals surface area contributed by atoms with Crippen LogP contribution in [0.5, 0.6) is 0 Å². The highest BCUT2D eigenvalue weighted by molar-refractivity contribution is 7.13. The van der Waals surface area contributed by atoms with Gasteiger partial charge in [0.15, 0.2) is 5.13 Å². The number of carbonyl (C=O) groups is 2. The van der Waals surface area contributed by atoms with E-state index in [9.17, 15) is 22.8 Å². The van der Waals surface area contributed by atoms with Crippen molar-refractivity contribution in [2.24, 2.45) is 0 Å². The van der Waals surface area contributed by atoms with Gasteiger partial charge in [0.05, 0.1) is 5.56 Å². The summed E-state index contributed by atoms with van der Waals surface area (Å²) >= 11 is 1.29. The van der Waals surface area contributed by atoms with Crippen LogP contribution in [0, 0.1) is 0 Å². The zero-order valence-electron chi connectivity index (χ0n) is 13.6. The first-order valence-electron chi connectivity index (χ1n) is 7.62. The van der Waals surface area contributed by atoms with Crippen molar-refractivity contribution in [3.63, 3.8) is 0 Å². The summed E-state index contributed by atoms with van der Waals surface area (Å²) in [5.41, 5.74) is 0.0478. The van der Waals surface area contributed by atoms with Gasteiger partial charge in [0, 0.05) is 28.4 Å². The Morgan fingerprint density at radius 3 is 1.93 bits per heavy atom. The van der Waals surface area contributed by atoms with Gasteiger partial charge < -0.3 is 5.32 Å². The van der Waals surface area contributed by atoms with Crippen LogP contribution in [0.2, 0.25) is 0 Å². The molecule has 0 bridgehead atoms. The number of halogens is 3. The van der Waals surface area contributed by atoms with Crippen molar-refractivity contribution in [2.75, 3.05) is 10.6 Å². The van der Waals surface area contributed by atoms with E-state index in [1.54, 1.807) is 11.6 Å². The average molecular weight is 391 g/mol. The van der Waals surface area contributed by atoms with Gasteiger partial charge in [-0.1, -0.05) is 0 Å². The highest BCUT2D eigenvalue weighted by Gasteiger charge is 2.30. The molecule has 0 saturated carbocycles. The molecule has 0 radical (unpaired) electrons. The van der Waals surface area contributed by atoms with E-state index in [0.717, 1.165) is 24.3 Å². The van der Waals surface area contributed by atoms with Crippen LogP contribution < -0.4 is 10.6 Å². The fourth-order valence-corrected chi connectivity index (χ4v) is 2.70. The largest absolute Gasteiger partial charge is 0.416 e. The van der Waals surface area contributed by atoms with Gasteiger partial charge in [-0.15, -0.1) is 11.3 Å². The summed E-state index contributed by atoms with van der Waals surface area (Å²) < 4.78 is 37.7. The number of amides is 2. The molecular weight excluding hydrogens is 379 g/mol. The topological polar surface area (TPSA) is 71.1 Å². The zero-order valence-corrected chi connectivity index (χ0v) is 14.4. The van der Waals surface area contributed by atoms with Crippen molar-refractivity contribution in [3.8, 4) is 0 Å². The lowest BCUT2D eigenvalue weighted by Crippen LogP contribution is -2.14. The molecule has 1 aromatic heterocycles. The van der Waals surface area contributed by atoms with E-state index >= 15 is 0 Å². The summed E-state index contributed by atoms with van der Waals surface area (Å²) in [5, 5.41) is 7.40. The molecule has 0 aliphatic rings. The van der Waals surface area contributed by atoms with E-state index in [-0.39, 0.29) is 11.5 Å². The lowest BCUT2D eigenvalue weighted by atomic mass is 10.1. The Morgan fingerprint density at radius 1 is 0.852 bits per heavy atom. The highest BCUT2D eigenvalue weighted by Crippen LogP contribution is 2.29. The van der Waals surface area contributed by atoms with Crippen molar-refractivity contribution in [3.05, 3.63) is 76.8 Å². The number of nitrogens with zero attached hydrogens (tertiary/aromatic N) is 1. The number of hydrogen-bond acceptors (Lipinski definition) is 4. The number of hydrogen-bond donors (Lipinski definition) is 2. The number of aromatic nitrogens is 1. The van der Waals surface area contributed by atoms with Crippen molar-refractivity contribution < 1.29 is 22.8 Å². The molecule has 3 rings (SSSR count). The molecule has 138 valence electrons. The molecule has 2 amide bonds. The molecule has 1 heterocycles. The normalized spacial score (nSPS) is 11.1. The second kappa shape index (κ2) is 7.58. The van der Waals surface area contributed by atoms with Gasteiger partial charge in [-0.2, -0.15) is 13.2 Å². The number of rotatable bonds is 4. The zero-order chi connectivity index (χ0) is 19.4. The lowest BCUT2D eigenvalue weighted by molar-refractivity contribution is -0.137.